The lowest BCUT2D eigenvalue weighted by Crippen LogP contribution is -1.97. The molecule has 1 aromatic heterocycles. The number of benzene rings is 1. The summed E-state index contributed by atoms with van der Waals surface area (Å²) in [7, 11) is 0. The minimum absolute atomic E-state index is 0.358. The normalized spacial score (nSPS) is 9.87. The lowest BCUT2D eigenvalue weighted by Gasteiger charge is -2.04. The Hall–Kier alpha value is -2.16. The first-order chi connectivity index (χ1) is 7.31. The van der Waals surface area contributed by atoms with Gasteiger partial charge in [-0.1, -0.05) is 30.3 Å². The molecule has 74 valence electrons. The molecular formula is C12H10N2O. The van der Waals surface area contributed by atoms with Crippen molar-refractivity contribution in [1.82, 2.24) is 4.98 Å². The largest absolute Gasteiger partial charge is 0.384 e. The van der Waals surface area contributed by atoms with E-state index in [1.165, 1.54) is 0 Å². The van der Waals surface area contributed by atoms with Gasteiger partial charge < -0.3 is 5.73 Å². The van der Waals surface area contributed by atoms with Gasteiger partial charge >= 0.3 is 0 Å². The fourth-order valence-electron chi connectivity index (χ4n) is 1.44. The standard InChI is InChI=1S/C12H10N2O/c13-12-7-6-10(11(8-15)14-12)9-4-2-1-3-5-9/h1-8H,(H2,13,14). The van der Waals surface area contributed by atoms with Crippen LogP contribution in [0.5, 0.6) is 0 Å². The lowest BCUT2D eigenvalue weighted by atomic mass is 10.0. The highest BCUT2D eigenvalue weighted by atomic mass is 16.1. The third-order valence-corrected chi connectivity index (χ3v) is 2.14. The van der Waals surface area contributed by atoms with Crippen molar-refractivity contribution in [2.45, 2.75) is 0 Å². The first-order valence-electron chi connectivity index (χ1n) is 4.58. The molecule has 0 aliphatic rings. The maximum absolute atomic E-state index is 10.8. The van der Waals surface area contributed by atoms with Crippen LogP contribution in [0.1, 0.15) is 10.5 Å². The molecule has 2 N–H and O–H groups in total. The number of rotatable bonds is 2. The van der Waals surface area contributed by atoms with Gasteiger partial charge in [-0.3, -0.25) is 4.79 Å². The second-order valence-electron chi connectivity index (χ2n) is 3.15. The number of hydrogen-bond acceptors (Lipinski definition) is 3. The number of anilines is 1. The molecule has 0 aliphatic carbocycles. The van der Waals surface area contributed by atoms with Gasteiger partial charge in [-0.2, -0.15) is 0 Å². The summed E-state index contributed by atoms with van der Waals surface area (Å²) < 4.78 is 0. The van der Waals surface area contributed by atoms with E-state index in [0.29, 0.717) is 11.5 Å². The summed E-state index contributed by atoms with van der Waals surface area (Å²) in [4.78, 5) is 14.8. The van der Waals surface area contributed by atoms with Crippen LogP contribution in [-0.4, -0.2) is 11.3 Å². The molecule has 1 aromatic carbocycles. The number of aromatic nitrogens is 1. The van der Waals surface area contributed by atoms with Crippen molar-refractivity contribution in [3.05, 3.63) is 48.2 Å². The van der Waals surface area contributed by atoms with Crippen molar-refractivity contribution in [2.75, 3.05) is 5.73 Å². The molecule has 15 heavy (non-hydrogen) atoms. The van der Waals surface area contributed by atoms with E-state index in [2.05, 4.69) is 4.98 Å². The van der Waals surface area contributed by atoms with Crippen molar-refractivity contribution in [3.63, 3.8) is 0 Å². The molecule has 0 spiro atoms. The van der Waals surface area contributed by atoms with Gasteiger partial charge in [0.15, 0.2) is 6.29 Å². The molecule has 3 nitrogen and oxygen atoms in total. The number of pyridine rings is 1. The highest BCUT2D eigenvalue weighted by Crippen LogP contribution is 2.21. The van der Waals surface area contributed by atoms with Crippen molar-refractivity contribution < 1.29 is 4.79 Å². The minimum Gasteiger partial charge on any atom is -0.384 e. The molecular weight excluding hydrogens is 188 g/mol. The van der Waals surface area contributed by atoms with Crippen molar-refractivity contribution in [3.8, 4) is 11.1 Å². The molecule has 0 atom stereocenters. The van der Waals surface area contributed by atoms with Gasteiger partial charge in [-0.05, 0) is 17.7 Å². The SMILES string of the molecule is Nc1ccc(-c2ccccc2)c(C=O)n1. The first kappa shape index (κ1) is 9.40. The van der Waals surface area contributed by atoms with Crippen molar-refractivity contribution in [1.29, 1.82) is 0 Å². The summed E-state index contributed by atoms with van der Waals surface area (Å²) in [6, 6.07) is 13.1. The summed E-state index contributed by atoms with van der Waals surface area (Å²) in [5.41, 5.74) is 7.66. The third kappa shape index (κ3) is 1.86. The average molecular weight is 198 g/mol. The number of nitrogens with zero attached hydrogens (tertiary/aromatic N) is 1. The topological polar surface area (TPSA) is 56.0 Å². The second kappa shape index (κ2) is 3.92. The van der Waals surface area contributed by atoms with E-state index in [1.54, 1.807) is 12.1 Å². The van der Waals surface area contributed by atoms with Gasteiger partial charge in [0.05, 0.1) is 0 Å². The molecule has 3 heteroatoms. The van der Waals surface area contributed by atoms with E-state index in [4.69, 9.17) is 5.73 Å². The van der Waals surface area contributed by atoms with Gasteiger partial charge in [0.1, 0.15) is 11.5 Å². The fourth-order valence-corrected chi connectivity index (χ4v) is 1.44. The summed E-state index contributed by atoms with van der Waals surface area (Å²) >= 11 is 0. The van der Waals surface area contributed by atoms with Crippen molar-refractivity contribution in [2.24, 2.45) is 0 Å². The second-order valence-corrected chi connectivity index (χ2v) is 3.15. The molecule has 2 aromatic rings. The first-order valence-corrected chi connectivity index (χ1v) is 4.58. The zero-order valence-corrected chi connectivity index (χ0v) is 8.05. The Morgan fingerprint density at radius 3 is 2.47 bits per heavy atom. The van der Waals surface area contributed by atoms with Crippen LogP contribution in [0.15, 0.2) is 42.5 Å². The van der Waals surface area contributed by atoms with Crippen LogP contribution in [-0.2, 0) is 0 Å². The lowest BCUT2D eigenvalue weighted by molar-refractivity contribution is 0.112. The summed E-state index contributed by atoms with van der Waals surface area (Å²) in [5.74, 6) is 0.358. The average Bonchev–Trinajstić information content (AvgIpc) is 2.30. The molecule has 0 amide bonds. The van der Waals surface area contributed by atoms with Crippen molar-refractivity contribution >= 4 is 12.1 Å². The predicted octanol–water partition coefficient (Wildman–Crippen LogP) is 2.14. The number of carbonyl (C=O) groups is 1. The maximum atomic E-state index is 10.8. The zero-order valence-electron chi connectivity index (χ0n) is 8.05. The van der Waals surface area contributed by atoms with Gasteiger partial charge in [0, 0.05) is 5.56 Å². The molecule has 0 unspecified atom stereocenters. The summed E-state index contributed by atoms with van der Waals surface area (Å²) in [6.07, 6.45) is 0.721. The Labute approximate surface area is 87.6 Å². The molecule has 0 fully saturated rings. The predicted molar refractivity (Wildman–Crippen MR) is 59.5 cm³/mol. The quantitative estimate of drug-likeness (QED) is 0.752. The number of carbonyl (C=O) groups excluding carboxylic acids is 1. The van der Waals surface area contributed by atoms with Crippen LogP contribution < -0.4 is 5.73 Å². The van der Waals surface area contributed by atoms with Crippen LogP contribution in [0.4, 0.5) is 5.82 Å². The van der Waals surface area contributed by atoms with E-state index in [0.717, 1.165) is 17.4 Å². The molecule has 0 aliphatic heterocycles. The van der Waals surface area contributed by atoms with Gasteiger partial charge in [-0.25, -0.2) is 4.98 Å². The number of nitrogens with two attached hydrogens (primary N) is 1. The van der Waals surface area contributed by atoms with Crippen LogP contribution in [0, 0.1) is 0 Å². The molecule has 1 heterocycles. The minimum atomic E-state index is 0.358. The number of nitrogen functional groups attached to an aromatic ring is 1. The Bertz CT molecular complexity index is 480. The van der Waals surface area contributed by atoms with Crippen LogP contribution >= 0.6 is 0 Å². The third-order valence-electron chi connectivity index (χ3n) is 2.14. The van der Waals surface area contributed by atoms with E-state index in [1.807, 2.05) is 30.3 Å². The van der Waals surface area contributed by atoms with E-state index >= 15 is 0 Å². The molecule has 0 bridgehead atoms. The van der Waals surface area contributed by atoms with Crippen LogP contribution in [0.25, 0.3) is 11.1 Å². The zero-order chi connectivity index (χ0) is 10.7. The molecule has 0 saturated carbocycles. The number of hydrogen-bond donors (Lipinski definition) is 1. The van der Waals surface area contributed by atoms with Crippen LogP contribution in [0.3, 0.4) is 0 Å². The highest BCUT2D eigenvalue weighted by Gasteiger charge is 2.05. The summed E-state index contributed by atoms with van der Waals surface area (Å²) in [6.45, 7) is 0. The van der Waals surface area contributed by atoms with Gasteiger partial charge in [0.2, 0.25) is 0 Å². The van der Waals surface area contributed by atoms with E-state index in [9.17, 15) is 4.79 Å². The Balaban J connectivity index is 2.58. The van der Waals surface area contributed by atoms with Crippen LogP contribution in [0.2, 0.25) is 0 Å². The number of aldehydes is 1. The van der Waals surface area contributed by atoms with E-state index in [-0.39, 0.29) is 0 Å². The van der Waals surface area contributed by atoms with Gasteiger partial charge in [0.25, 0.3) is 0 Å². The van der Waals surface area contributed by atoms with E-state index < -0.39 is 0 Å². The molecule has 0 saturated heterocycles. The Kier molecular flexibility index (Phi) is 2.46. The molecule has 2 rings (SSSR count). The van der Waals surface area contributed by atoms with Gasteiger partial charge in [-0.15, -0.1) is 0 Å². The Morgan fingerprint density at radius 1 is 1.07 bits per heavy atom. The smallest absolute Gasteiger partial charge is 0.169 e. The summed E-state index contributed by atoms with van der Waals surface area (Å²) in [5, 5.41) is 0. The highest BCUT2D eigenvalue weighted by molar-refractivity contribution is 5.85. The monoisotopic (exact) mass is 198 g/mol. The maximum Gasteiger partial charge on any atom is 0.169 e. The molecule has 0 radical (unpaired) electrons. The Morgan fingerprint density at radius 2 is 1.80 bits per heavy atom. The fraction of sp³-hybridized carbons (Fsp3) is 0.